The van der Waals surface area contributed by atoms with Crippen LogP contribution in [0.15, 0.2) is 42.7 Å². The van der Waals surface area contributed by atoms with Gasteiger partial charge in [-0.25, -0.2) is 0 Å². The van der Waals surface area contributed by atoms with E-state index in [9.17, 15) is 0 Å². The van der Waals surface area contributed by atoms with Crippen molar-refractivity contribution in [2.24, 2.45) is 0 Å². The van der Waals surface area contributed by atoms with E-state index in [0.29, 0.717) is 0 Å². The normalized spacial score (nSPS) is 12.4. The van der Waals surface area contributed by atoms with Crippen molar-refractivity contribution >= 4 is 0 Å². The first-order chi connectivity index (χ1) is 8.72. The second-order valence-corrected chi connectivity index (χ2v) is 4.62. The fraction of sp³-hybridized carbons (Fsp3) is 0.312. The first-order valence-electron chi connectivity index (χ1n) is 6.43. The molecule has 2 heteroatoms. The minimum Gasteiger partial charge on any atom is -0.306 e. The first kappa shape index (κ1) is 12.8. The van der Waals surface area contributed by atoms with E-state index in [4.69, 9.17) is 0 Å². The van der Waals surface area contributed by atoms with Gasteiger partial charge in [-0.05, 0) is 48.7 Å². The fourth-order valence-electron chi connectivity index (χ4n) is 2.12. The van der Waals surface area contributed by atoms with Crippen molar-refractivity contribution in [2.75, 3.05) is 6.54 Å². The molecule has 94 valence electrons. The zero-order chi connectivity index (χ0) is 13.0. The molecule has 1 heterocycles. The molecule has 0 saturated heterocycles. The number of rotatable bonds is 4. The van der Waals surface area contributed by atoms with Gasteiger partial charge in [-0.1, -0.05) is 31.2 Å². The number of aryl methyl sites for hydroxylation is 2. The second-order valence-electron chi connectivity index (χ2n) is 4.62. The van der Waals surface area contributed by atoms with Gasteiger partial charge in [-0.3, -0.25) is 4.98 Å². The summed E-state index contributed by atoms with van der Waals surface area (Å²) in [5.41, 5.74) is 5.18. The highest BCUT2D eigenvalue weighted by atomic mass is 14.9. The van der Waals surface area contributed by atoms with Crippen molar-refractivity contribution in [3.05, 3.63) is 65.0 Å². The largest absolute Gasteiger partial charge is 0.306 e. The van der Waals surface area contributed by atoms with Crippen LogP contribution in [0.4, 0.5) is 0 Å². The van der Waals surface area contributed by atoms with Crippen LogP contribution in [0.25, 0.3) is 0 Å². The molecule has 1 N–H and O–H groups in total. The van der Waals surface area contributed by atoms with Crippen LogP contribution in [0.5, 0.6) is 0 Å². The second kappa shape index (κ2) is 5.78. The summed E-state index contributed by atoms with van der Waals surface area (Å²) in [5.74, 6) is 0. The van der Waals surface area contributed by atoms with Crippen LogP contribution in [0.2, 0.25) is 0 Å². The maximum Gasteiger partial charge on any atom is 0.0591 e. The topological polar surface area (TPSA) is 24.9 Å². The Morgan fingerprint density at radius 1 is 1.11 bits per heavy atom. The maximum atomic E-state index is 4.21. The molecule has 0 spiro atoms. The quantitative estimate of drug-likeness (QED) is 0.886. The zero-order valence-electron chi connectivity index (χ0n) is 11.3. The number of benzene rings is 1. The number of nitrogens with zero attached hydrogens (tertiary/aromatic N) is 1. The number of nitrogens with one attached hydrogen (secondary N) is 1. The molecule has 1 aromatic heterocycles. The molecule has 1 aromatic carbocycles. The maximum absolute atomic E-state index is 4.21. The van der Waals surface area contributed by atoms with E-state index >= 15 is 0 Å². The Morgan fingerprint density at radius 3 is 2.56 bits per heavy atom. The molecule has 0 bridgehead atoms. The van der Waals surface area contributed by atoms with E-state index in [1.807, 2.05) is 18.5 Å². The predicted octanol–water partition coefficient (Wildman–Crippen LogP) is 3.40. The third kappa shape index (κ3) is 2.77. The Morgan fingerprint density at radius 2 is 1.94 bits per heavy atom. The van der Waals surface area contributed by atoms with Crippen LogP contribution in [-0.4, -0.2) is 11.5 Å². The van der Waals surface area contributed by atoms with Gasteiger partial charge in [0.1, 0.15) is 0 Å². The summed E-state index contributed by atoms with van der Waals surface area (Å²) in [6.45, 7) is 7.37. The van der Waals surface area contributed by atoms with Gasteiger partial charge in [0.25, 0.3) is 0 Å². The van der Waals surface area contributed by atoms with Gasteiger partial charge in [0.05, 0.1) is 6.04 Å². The number of pyridine rings is 1. The van der Waals surface area contributed by atoms with Gasteiger partial charge in [-0.15, -0.1) is 0 Å². The number of aromatic nitrogens is 1. The van der Waals surface area contributed by atoms with E-state index < -0.39 is 0 Å². The average Bonchev–Trinajstić information content (AvgIpc) is 2.40. The third-order valence-electron chi connectivity index (χ3n) is 3.29. The van der Waals surface area contributed by atoms with Crippen molar-refractivity contribution in [1.82, 2.24) is 10.3 Å². The molecular formula is C16H20N2. The molecule has 1 unspecified atom stereocenters. The molecule has 2 aromatic rings. The summed E-state index contributed by atoms with van der Waals surface area (Å²) in [5, 5.41) is 3.52. The minimum atomic E-state index is 0.225. The molecular weight excluding hydrogens is 220 g/mol. The molecule has 1 atom stereocenters. The lowest BCUT2D eigenvalue weighted by Gasteiger charge is -2.19. The Balaban J connectivity index is 2.38. The average molecular weight is 240 g/mol. The summed E-state index contributed by atoms with van der Waals surface area (Å²) in [7, 11) is 0. The SMILES string of the molecule is CCNC(c1cccnc1)c1ccc(C)c(C)c1. The van der Waals surface area contributed by atoms with Gasteiger partial charge in [0, 0.05) is 12.4 Å². The molecule has 0 aliphatic heterocycles. The Labute approximate surface area is 109 Å². The van der Waals surface area contributed by atoms with Crippen LogP contribution in [0.3, 0.4) is 0 Å². The smallest absolute Gasteiger partial charge is 0.0591 e. The fourth-order valence-corrected chi connectivity index (χ4v) is 2.12. The summed E-state index contributed by atoms with van der Waals surface area (Å²) < 4.78 is 0. The molecule has 18 heavy (non-hydrogen) atoms. The molecule has 2 nitrogen and oxygen atoms in total. The van der Waals surface area contributed by atoms with Crippen molar-refractivity contribution in [1.29, 1.82) is 0 Å². The summed E-state index contributed by atoms with van der Waals surface area (Å²) in [6.07, 6.45) is 3.75. The van der Waals surface area contributed by atoms with E-state index in [0.717, 1.165) is 6.54 Å². The van der Waals surface area contributed by atoms with Crippen molar-refractivity contribution < 1.29 is 0 Å². The lowest BCUT2D eigenvalue weighted by atomic mass is 9.96. The first-order valence-corrected chi connectivity index (χ1v) is 6.43. The van der Waals surface area contributed by atoms with Gasteiger partial charge >= 0.3 is 0 Å². The van der Waals surface area contributed by atoms with Crippen LogP contribution in [0, 0.1) is 13.8 Å². The summed E-state index contributed by atoms with van der Waals surface area (Å²) >= 11 is 0. The summed E-state index contributed by atoms with van der Waals surface area (Å²) in [4.78, 5) is 4.21. The molecule has 0 radical (unpaired) electrons. The Kier molecular flexibility index (Phi) is 4.11. The third-order valence-corrected chi connectivity index (χ3v) is 3.29. The van der Waals surface area contributed by atoms with E-state index in [-0.39, 0.29) is 6.04 Å². The van der Waals surface area contributed by atoms with Gasteiger partial charge < -0.3 is 5.32 Å². The molecule has 0 fully saturated rings. The molecule has 0 saturated carbocycles. The van der Waals surface area contributed by atoms with Crippen LogP contribution < -0.4 is 5.32 Å². The highest BCUT2D eigenvalue weighted by Crippen LogP contribution is 2.23. The Bertz CT molecular complexity index is 506. The standard InChI is InChI=1S/C16H20N2/c1-4-18-16(15-6-5-9-17-11-15)14-8-7-12(2)13(3)10-14/h5-11,16,18H,4H2,1-3H3. The lowest BCUT2D eigenvalue weighted by molar-refractivity contribution is 0.628. The van der Waals surface area contributed by atoms with Gasteiger partial charge in [0.15, 0.2) is 0 Å². The predicted molar refractivity (Wildman–Crippen MR) is 75.7 cm³/mol. The highest BCUT2D eigenvalue weighted by Gasteiger charge is 2.13. The Hall–Kier alpha value is -1.67. The van der Waals surface area contributed by atoms with E-state index in [1.165, 1.54) is 22.3 Å². The molecule has 0 aliphatic rings. The molecule has 2 rings (SSSR count). The molecule has 0 aliphatic carbocycles. The van der Waals surface area contributed by atoms with E-state index in [2.05, 4.69) is 55.3 Å². The highest BCUT2D eigenvalue weighted by molar-refractivity contribution is 5.36. The minimum absolute atomic E-state index is 0.225. The van der Waals surface area contributed by atoms with Crippen molar-refractivity contribution in [3.63, 3.8) is 0 Å². The van der Waals surface area contributed by atoms with Crippen molar-refractivity contribution in [2.45, 2.75) is 26.8 Å². The summed E-state index contributed by atoms with van der Waals surface area (Å²) in [6, 6.07) is 11.0. The monoisotopic (exact) mass is 240 g/mol. The van der Waals surface area contributed by atoms with Crippen LogP contribution in [-0.2, 0) is 0 Å². The van der Waals surface area contributed by atoms with Crippen LogP contribution in [0.1, 0.15) is 35.2 Å². The molecule has 0 amide bonds. The zero-order valence-corrected chi connectivity index (χ0v) is 11.3. The van der Waals surface area contributed by atoms with Gasteiger partial charge in [0.2, 0.25) is 0 Å². The van der Waals surface area contributed by atoms with E-state index in [1.54, 1.807) is 0 Å². The number of hydrogen-bond acceptors (Lipinski definition) is 2. The van der Waals surface area contributed by atoms with Crippen LogP contribution >= 0.6 is 0 Å². The lowest BCUT2D eigenvalue weighted by Crippen LogP contribution is -2.22. The van der Waals surface area contributed by atoms with Gasteiger partial charge in [-0.2, -0.15) is 0 Å². The number of hydrogen-bond donors (Lipinski definition) is 1. The van der Waals surface area contributed by atoms with Crippen molar-refractivity contribution in [3.8, 4) is 0 Å².